The smallest absolute Gasteiger partial charge is 0.291 e. The Morgan fingerprint density at radius 1 is 1.10 bits per heavy atom. The lowest BCUT2D eigenvalue weighted by Gasteiger charge is -2.20. The molecular weight excluding hydrogens is 400 g/mol. The maximum atomic E-state index is 12.5. The minimum atomic E-state index is -0.380. The van der Waals surface area contributed by atoms with Crippen molar-refractivity contribution in [1.29, 1.82) is 0 Å². The molecule has 2 N–H and O–H groups in total. The number of amides is 2. The van der Waals surface area contributed by atoms with E-state index in [9.17, 15) is 9.59 Å². The summed E-state index contributed by atoms with van der Waals surface area (Å²) in [7, 11) is 0. The van der Waals surface area contributed by atoms with Crippen molar-refractivity contribution in [3.05, 3.63) is 99.8 Å². The van der Waals surface area contributed by atoms with Gasteiger partial charge in [-0.2, -0.15) is 0 Å². The molecule has 0 saturated carbocycles. The molecule has 5 nitrogen and oxygen atoms in total. The van der Waals surface area contributed by atoms with Crippen LogP contribution in [-0.4, -0.2) is 11.8 Å². The maximum Gasteiger partial charge on any atom is 0.291 e. The maximum absolute atomic E-state index is 12.5. The summed E-state index contributed by atoms with van der Waals surface area (Å²) in [6.45, 7) is 2.43. The first-order chi connectivity index (χ1) is 14.5. The molecule has 150 valence electrons. The minimum Gasteiger partial charge on any atom is -0.449 e. The average molecular weight is 419 g/mol. The van der Waals surface area contributed by atoms with Gasteiger partial charge < -0.3 is 15.4 Å². The van der Waals surface area contributed by atoms with Crippen molar-refractivity contribution in [2.24, 2.45) is 0 Å². The number of aryl methyl sites for hydroxylation is 1. The molecule has 0 spiro atoms. The Morgan fingerprint density at radius 3 is 2.63 bits per heavy atom. The first kappa shape index (κ1) is 19.7. The highest BCUT2D eigenvalue weighted by Gasteiger charge is 2.23. The zero-order chi connectivity index (χ0) is 21.1. The summed E-state index contributed by atoms with van der Waals surface area (Å²) >= 11 is 5.89. The number of anilines is 1. The van der Waals surface area contributed by atoms with E-state index < -0.39 is 0 Å². The van der Waals surface area contributed by atoms with Gasteiger partial charge in [-0.3, -0.25) is 9.59 Å². The Hall–Kier alpha value is -3.57. The van der Waals surface area contributed by atoms with Gasteiger partial charge in [-0.15, -0.1) is 0 Å². The van der Waals surface area contributed by atoms with Crippen LogP contribution in [0.4, 0.5) is 5.69 Å². The van der Waals surface area contributed by atoms with Crippen LogP contribution in [0.15, 0.2) is 72.5 Å². The fourth-order valence-corrected chi connectivity index (χ4v) is 3.22. The standard InChI is InChI=1S/C24H19ClN2O3/c1-15-4-2-3-5-18(15)14-26-23(28)17-8-11-21-20(13-17)27-24(29)22(30-21)12-16-6-9-19(25)10-7-16/h2-13H,14H2,1H3,(H,26,28)(H,27,29)/b22-12-. The number of rotatable bonds is 4. The van der Waals surface area contributed by atoms with Gasteiger partial charge in [0.2, 0.25) is 0 Å². The van der Waals surface area contributed by atoms with Crippen molar-refractivity contribution < 1.29 is 14.3 Å². The highest BCUT2D eigenvalue weighted by atomic mass is 35.5. The molecule has 0 fully saturated rings. The van der Waals surface area contributed by atoms with Gasteiger partial charge in [-0.05, 0) is 60.0 Å². The van der Waals surface area contributed by atoms with Crippen molar-refractivity contribution in [3.8, 4) is 5.75 Å². The number of carbonyl (C=O) groups is 2. The monoisotopic (exact) mass is 418 g/mol. The van der Waals surface area contributed by atoms with Gasteiger partial charge in [0.25, 0.3) is 11.8 Å². The number of nitrogens with one attached hydrogen (secondary N) is 2. The van der Waals surface area contributed by atoms with Crippen molar-refractivity contribution in [3.63, 3.8) is 0 Å². The Labute approximate surface area is 179 Å². The molecule has 0 aromatic heterocycles. The van der Waals surface area contributed by atoms with E-state index in [0.29, 0.717) is 28.6 Å². The fourth-order valence-electron chi connectivity index (χ4n) is 3.10. The van der Waals surface area contributed by atoms with E-state index in [2.05, 4.69) is 10.6 Å². The zero-order valence-corrected chi connectivity index (χ0v) is 17.0. The Morgan fingerprint density at radius 2 is 1.87 bits per heavy atom. The van der Waals surface area contributed by atoms with Gasteiger partial charge in [0.15, 0.2) is 11.5 Å². The molecule has 0 radical (unpaired) electrons. The Balaban J connectivity index is 1.48. The second-order valence-corrected chi connectivity index (χ2v) is 7.37. The first-order valence-corrected chi connectivity index (χ1v) is 9.80. The van der Waals surface area contributed by atoms with Crippen LogP contribution in [0.1, 0.15) is 27.0 Å². The molecule has 0 unspecified atom stereocenters. The predicted molar refractivity (Wildman–Crippen MR) is 117 cm³/mol. The lowest BCUT2D eigenvalue weighted by molar-refractivity contribution is -0.115. The quantitative estimate of drug-likeness (QED) is 0.589. The molecule has 0 atom stereocenters. The van der Waals surface area contributed by atoms with Crippen molar-refractivity contribution in [2.45, 2.75) is 13.5 Å². The molecule has 1 aliphatic rings. The van der Waals surface area contributed by atoms with Crippen LogP contribution in [-0.2, 0) is 11.3 Å². The second-order valence-electron chi connectivity index (χ2n) is 6.94. The summed E-state index contributed by atoms with van der Waals surface area (Å²) in [6, 6.07) is 19.9. The average Bonchev–Trinajstić information content (AvgIpc) is 2.74. The van der Waals surface area contributed by atoms with Crippen LogP contribution < -0.4 is 15.4 Å². The molecule has 0 bridgehead atoms. The van der Waals surface area contributed by atoms with E-state index >= 15 is 0 Å². The molecular formula is C24H19ClN2O3. The molecule has 2 amide bonds. The van der Waals surface area contributed by atoms with E-state index in [0.717, 1.165) is 16.7 Å². The van der Waals surface area contributed by atoms with Gasteiger partial charge in [-0.1, -0.05) is 48.0 Å². The summed E-state index contributed by atoms with van der Waals surface area (Å²) < 4.78 is 5.74. The van der Waals surface area contributed by atoms with Crippen LogP contribution in [0.3, 0.4) is 0 Å². The van der Waals surface area contributed by atoms with E-state index in [-0.39, 0.29) is 17.6 Å². The summed E-state index contributed by atoms with van der Waals surface area (Å²) in [4.78, 5) is 25.0. The lowest BCUT2D eigenvalue weighted by Crippen LogP contribution is -2.26. The third-order valence-corrected chi connectivity index (χ3v) is 5.05. The third-order valence-electron chi connectivity index (χ3n) is 4.80. The van der Waals surface area contributed by atoms with Crippen molar-refractivity contribution in [1.82, 2.24) is 5.32 Å². The third kappa shape index (κ3) is 4.36. The highest BCUT2D eigenvalue weighted by molar-refractivity contribution is 6.30. The van der Waals surface area contributed by atoms with E-state index in [4.69, 9.17) is 16.3 Å². The fraction of sp³-hybridized carbons (Fsp3) is 0.0833. The number of carbonyl (C=O) groups excluding carboxylic acids is 2. The number of benzene rings is 3. The van der Waals surface area contributed by atoms with Crippen LogP contribution in [0.25, 0.3) is 6.08 Å². The molecule has 4 rings (SSSR count). The van der Waals surface area contributed by atoms with Crippen LogP contribution in [0, 0.1) is 6.92 Å². The highest BCUT2D eigenvalue weighted by Crippen LogP contribution is 2.32. The molecule has 0 saturated heterocycles. The largest absolute Gasteiger partial charge is 0.449 e. The van der Waals surface area contributed by atoms with Gasteiger partial charge in [-0.25, -0.2) is 0 Å². The summed E-state index contributed by atoms with van der Waals surface area (Å²) in [5.41, 5.74) is 3.86. The second kappa shape index (κ2) is 8.43. The van der Waals surface area contributed by atoms with E-state index in [1.807, 2.05) is 31.2 Å². The topological polar surface area (TPSA) is 67.4 Å². The SMILES string of the molecule is Cc1ccccc1CNC(=O)c1ccc2c(c1)NC(=O)/C(=C/c1ccc(Cl)cc1)O2. The lowest BCUT2D eigenvalue weighted by atomic mass is 10.1. The number of ether oxygens (including phenoxy) is 1. The van der Waals surface area contributed by atoms with Gasteiger partial charge in [0.1, 0.15) is 0 Å². The summed E-state index contributed by atoms with van der Waals surface area (Å²) in [5, 5.41) is 6.30. The first-order valence-electron chi connectivity index (χ1n) is 9.43. The molecule has 3 aromatic rings. The Kier molecular flexibility index (Phi) is 5.55. The number of fused-ring (bicyclic) bond motifs is 1. The zero-order valence-electron chi connectivity index (χ0n) is 16.2. The molecule has 1 aliphatic heterocycles. The number of hydrogen-bond acceptors (Lipinski definition) is 3. The predicted octanol–water partition coefficient (Wildman–Crippen LogP) is 4.95. The van der Waals surface area contributed by atoms with Crippen LogP contribution in [0.2, 0.25) is 5.02 Å². The van der Waals surface area contributed by atoms with Gasteiger partial charge in [0.05, 0.1) is 5.69 Å². The summed E-state index contributed by atoms with van der Waals surface area (Å²) in [6.07, 6.45) is 1.64. The van der Waals surface area contributed by atoms with Crippen molar-refractivity contribution in [2.75, 3.05) is 5.32 Å². The number of hydrogen-bond donors (Lipinski definition) is 2. The van der Waals surface area contributed by atoms with Gasteiger partial charge in [0, 0.05) is 17.1 Å². The van der Waals surface area contributed by atoms with Gasteiger partial charge >= 0.3 is 0 Å². The van der Waals surface area contributed by atoms with Crippen LogP contribution >= 0.6 is 11.6 Å². The van der Waals surface area contributed by atoms with Crippen LogP contribution in [0.5, 0.6) is 5.75 Å². The molecule has 6 heteroatoms. The normalized spacial score (nSPS) is 13.9. The van der Waals surface area contributed by atoms with E-state index in [1.165, 1.54) is 0 Å². The molecule has 30 heavy (non-hydrogen) atoms. The van der Waals surface area contributed by atoms with Crippen molar-refractivity contribution >= 4 is 35.2 Å². The number of halogens is 1. The summed E-state index contributed by atoms with van der Waals surface area (Å²) in [5.74, 6) is 0.0413. The van der Waals surface area contributed by atoms with E-state index in [1.54, 1.807) is 48.5 Å². The molecule has 3 aromatic carbocycles. The molecule has 0 aliphatic carbocycles. The molecule has 1 heterocycles. The minimum absolute atomic E-state index is 0.168. The Bertz CT molecular complexity index is 1150.